The van der Waals surface area contributed by atoms with E-state index in [9.17, 15) is 0 Å². The number of oxazole rings is 1. The lowest BCUT2D eigenvalue weighted by molar-refractivity contribution is 0.543. The molecule has 0 aliphatic rings. The third-order valence-electron chi connectivity index (χ3n) is 2.15. The van der Waals surface area contributed by atoms with Gasteiger partial charge in [-0.1, -0.05) is 0 Å². The van der Waals surface area contributed by atoms with Crippen LogP contribution < -0.4 is 5.73 Å². The van der Waals surface area contributed by atoms with Crippen molar-refractivity contribution in [2.24, 2.45) is 0 Å². The fourth-order valence-corrected chi connectivity index (χ4v) is 1.82. The molecule has 0 bridgehead atoms. The molecule has 3 rings (SSSR count). The van der Waals surface area contributed by atoms with Gasteiger partial charge < -0.3 is 10.2 Å². The minimum atomic E-state index is 0.448. The maximum absolute atomic E-state index is 5.67. The number of aromatic nitrogens is 3. The molecule has 0 aliphatic carbocycles. The number of halogens is 1. The van der Waals surface area contributed by atoms with E-state index in [1.165, 1.54) is 0 Å². The average Bonchev–Trinajstić information content (AvgIpc) is 2.83. The van der Waals surface area contributed by atoms with Crippen molar-refractivity contribution < 1.29 is 4.42 Å². The Labute approximate surface area is 104 Å². The van der Waals surface area contributed by atoms with Crippen LogP contribution in [0.3, 0.4) is 0 Å². The highest BCUT2D eigenvalue weighted by Gasteiger charge is 2.08. The van der Waals surface area contributed by atoms with Crippen LogP contribution in [0.4, 0.5) is 5.69 Å². The lowest BCUT2D eigenvalue weighted by Gasteiger charge is -1.89. The van der Waals surface area contributed by atoms with Gasteiger partial charge in [0.05, 0.1) is 9.77 Å². The van der Waals surface area contributed by atoms with Gasteiger partial charge >= 0.3 is 6.01 Å². The largest absolute Gasteiger partial charge is 0.422 e. The molecule has 0 spiro atoms. The lowest BCUT2D eigenvalue weighted by Crippen LogP contribution is -1.93. The average molecular weight is 326 g/mol. The first-order valence-electron chi connectivity index (χ1n) is 4.59. The van der Waals surface area contributed by atoms with E-state index in [2.05, 4.69) is 32.7 Å². The first kappa shape index (κ1) is 9.64. The van der Waals surface area contributed by atoms with E-state index < -0.39 is 0 Å². The summed E-state index contributed by atoms with van der Waals surface area (Å²) in [4.78, 5) is 4.31. The normalized spacial score (nSPS) is 11.1. The van der Waals surface area contributed by atoms with Crippen LogP contribution in [0.1, 0.15) is 0 Å². The second-order valence-electron chi connectivity index (χ2n) is 3.33. The second-order valence-corrected chi connectivity index (χ2v) is 4.57. The molecule has 80 valence electrons. The zero-order valence-electron chi connectivity index (χ0n) is 8.09. The van der Waals surface area contributed by atoms with Crippen LogP contribution in [0.25, 0.3) is 17.1 Å². The first-order chi connectivity index (χ1) is 7.72. The number of nitrogens with two attached hydrogens (primary N) is 1. The summed E-state index contributed by atoms with van der Waals surface area (Å²) < 4.78 is 8.18. The Bertz CT molecular complexity index is 658. The van der Waals surface area contributed by atoms with Crippen molar-refractivity contribution in [3.05, 3.63) is 34.2 Å². The Morgan fingerprint density at radius 3 is 3.00 bits per heavy atom. The third-order valence-corrected chi connectivity index (χ3v) is 2.70. The van der Waals surface area contributed by atoms with E-state index in [0.717, 1.165) is 9.09 Å². The van der Waals surface area contributed by atoms with E-state index in [1.54, 1.807) is 29.1 Å². The van der Waals surface area contributed by atoms with Gasteiger partial charge in [-0.2, -0.15) is 14.8 Å². The fraction of sp³-hybridized carbons (Fsp3) is 0. The Morgan fingerprint density at radius 1 is 1.38 bits per heavy atom. The zero-order chi connectivity index (χ0) is 11.1. The van der Waals surface area contributed by atoms with Crippen LogP contribution in [-0.4, -0.2) is 14.8 Å². The van der Waals surface area contributed by atoms with Crippen LogP contribution in [-0.2, 0) is 0 Å². The zero-order valence-corrected chi connectivity index (χ0v) is 10.2. The van der Waals surface area contributed by atoms with E-state index in [0.29, 0.717) is 17.3 Å². The highest BCUT2D eigenvalue weighted by molar-refractivity contribution is 14.1. The van der Waals surface area contributed by atoms with Crippen molar-refractivity contribution in [2.45, 2.75) is 0 Å². The van der Waals surface area contributed by atoms with E-state index >= 15 is 0 Å². The van der Waals surface area contributed by atoms with E-state index in [1.807, 2.05) is 6.20 Å². The maximum Gasteiger partial charge on any atom is 0.323 e. The molecule has 0 fully saturated rings. The standard InChI is InChI=1S/C10H7IN4O/c11-6-4-13-15(5-6)10-14-8-3-7(12)1-2-9(8)16-10/h1-5H,12H2. The number of nitrogens with zero attached hydrogens (tertiary/aromatic N) is 3. The van der Waals surface area contributed by atoms with Crippen LogP contribution in [0.15, 0.2) is 35.0 Å². The Morgan fingerprint density at radius 2 is 2.25 bits per heavy atom. The predicted octanol–water partition coefficient (Wildman–Crippen LogP) is 2.20. The second kappa shape index (κ2) is 3.48. The number of benzene rings is 1. The van der Waals surface area contributed by atoms with Crippen LogP contribution >= 0.6 is 22.6 Å². The number of nitrogen functional groups attached to an aromatic ring is 1. The molecule has 0 amide bonds. The predicted molar refractivity (Wildman–Crippen MR) is 68.3 cm³/mol. The molecule has 0 aliphatic heterocycles. The number of hydrogen-bond acceptors (Lipinski definition) is 4. The first-order valence-corrected chi connectivity index (χ1v) is 5.67. The summed E-state index contributed by atoms with van der Waals surface area (Å²) in [5.74, 6) is 0. The summed E-state index contributed by atoms with van der Waals surface area (Å²) in [5, 5.41) is 4.13. The summed E-state index contributed by atoms with van der Waals surface area (Å²) in [7, 11) is 0. The molecule has 16 heavy (non-hydrogen) atoms. The smallest absolute Gasteiger partial charge is 0.323 e. The molecule has 2 aromatic heterocycles. The van der Waals surface area contributed by atoms with Crippen molar-refractivity contribution in [1.29, 1.82) is 0 Å². The van der Waals surface area contributed by atoms with Crippen molar-refractivity contribution in [2.75, 3.05) is 5.73 Å². The molecule has 0 saturated carbocycles. The van der Waals surface area contributed by atoms with E-state index in [4.69, 9.17) is 10.2 Å². The highest BCUT2D eigenvalue weighted by Crippen LogP contribution is 2.20. The van der Waals surface area contributed by atoms with E-state index in [-0.39, 0.29) is 0 Å². The third kappa shape index (κ3) is 1.54. The molecule has 5 nitrogen and oxygen atoms in total. The molecule has 2 N–H and O–H groups in total. The number of fused-ring (bicyclic) bond motifs is 1. The molecule has 0 saturated heterocycles. The molecule has 1 aromatic carbocycles. The lowest BCUT2D eigenvalue weighted by atomic mass is 10.3. The van der Waals surface area contributed by atoms with Gasteiger partial charge in [0.2, 0.25) is 0 Å². The quantitative estimate of drug-likeness (QED) is 0.550. The van der Waals surface area contributed by atoms with Gasteiger partial charge in [0, 0.05) is 11.9 Å². The summed E-state index contributed by atoms with van der Waals surface area (Å²) in [6.45, 7) is 0. The van der Waals surface area contributed by atoms with Gasteiger partial charge in [0.25, 0.3) is 0 Å². The van der Waals surface area contributed by atoms with Gasteiger partial charge in [-0.15, -0.1) is 0 Å². The van der Waals surface area contributed by atoms with Crippen LogP contribution in [0.2, 0.25) is 0 Å². The van der Waals surface area contributed by atoms with Crippen molar-refractivity contribution >= 4 is 39.4 Å². The van der Waals surface area contributed by atoms with Gasteiger partial charge in [-0.05, 0) is 40.8 Å². The minimum absolute atomic E-state index is 0.448. The highest BCUT2D eigenvalue weighted by atomic mass is 127. The maximum atomic E-state index is 5.67. The molecule has 0 unspecified atom stereocenters. The van der Waals surface area contributed by atoms with Crippen molar-refractivity contribution in [1.82, 2.24) is 14.8 Å². The molecule has 3 aromatic rings. The number of hydrogen-bond donors (Lipinski definition) is 1. The number of rotatable bonds is 1. The molecule has 0 atom stereocenters. The summed E-state index contributed by atoms with van der Waals surface area (Å²) in [5.41, 5.74) is 7.78. The molecule has 0 radical (unpaired) electrons. The molecular formula is C10H7IN4O. The van der Waals surface area contributed by atoms with Gasteiger partial charge in [0.1, 0.15) is 5.52 Å². The summed E-state index contributed by atoms with van der Waals surface area (Å²) in [6, 6.07) is 5.81. The van der Waals surface area contributed by atoms with Crippen molar-refractivity contribution in [3.63, 3.8) is 0 Å². The van der Waals surface area contributed by atoms with Crippen LogP contribution in [0.5, 0.6) is 0 Å². The summed E-state index contributed by atoms with van der Waals surface area (Å²) in [6.07, 6.45) is 3.58. The minimum Gasteiger partial charge on any atom is -0.422 e. The molecular weight excluding hydrogens is 319 g/mol. The van der Waals surface area contributed by atoms with Gasteiger partial charge in [-0.25, -0.2) is 0 Å². The Balaban J connectivity index is 2.18. The van der Waals surface area contributed by atoms with Gasteiger partial charge in [-0.3, -0.25) is 0 Å². The monoisotopic (exact) mass is 326 g/mol. The topological polar surface area (TPSA) is 69.9 Å². The van der Waals surface area contributed by atoms with Gasteiger partial charge in [0.15, 0.2) is 5.58 Å². The SMILES string of the molecule is Nc1ccc2oc(-n3cc(I)cn3)nc2c1. The fourth-order valence-electron chi connectivity index (χ4n) is 1.44. The number of anilines is 1. The molecule has 2 heterocycles. The Kier molecular flexibility index (Phi) is 2.10. The van der Waals surface area contributed by atoms with Crippen molar-refractivity contribution in [3.8, 4) is 6.01 Å². The van der Waals surface area contributed by atoms with Crippen LogP contribution in [0, 0.1) is 3.57 Å². The summed E-state index contributed by atoms with van der Waals surface area (Å²) >= 11 is 2.18. The molecule has 6 heteroatoms. The Hall–Kier alpha value is -1.57.